The predicted molar refractivity (Wildman–Crippen MR) is 71.8 cm³/mol. The summed E-state index contributed by atoms with van der Waals surface area (Å²) in [5.74, 6) is -0.674. The lowest BCUT2D eigenvalue weighted by molar-refractivity contribution is 0.0500. The average Bonchev–Trinajstić information content (AvgIpc) is 2.33. The maximum absolute atomic E-state index is 11.8. The first-order valence-electron chi connectivity index (χ1n) is 5.20. The Bertz CT molecular complexity index is 540. The van der Waals surface area contributed by atoms with Gasteiger partial charge in [-0.1, -0.05) is 13.0 Å². The third-order valence-corrected chi connectivity index (χ3v) is 4.40. The molecular formula is C11H13ClO4S2. The van der Waals surface area contributed by atoms with Crippen molar-refractivity contribution >= 4 is 37.5 Å². The SMILES string of the molecule is CCCOC(=O)c1cccc(SC)c1S(=O)(=O)Cl. The normalized spacial score (nSPS) is 11.3. The predicted octanol–water partition coefficient (Wildman–Crippen LogP) is 2.90. The van der Waals surface area contributed by atoms with Gasteiger partial charge in [-0.3, -0.25) is 0 Å². The number of benzene rings is 1. The van der Waals surface area contributed by atoms with E-state index in [1.54, 1.807) is 18.4 Å². The largest absolute Gasteiger partial charge is 0.462 e. The zero-order valence-corrected chi connectivity index (χ0v) is 12.4. The molecule has 0 saturated heterocycles. The van der Waals surface area contributed by atoms with Gasteiger partial charge in [0.25, 0.3) is 9.05 Å². The summed E-state index contributed by atoms with van der Waals surface area (Å²) < 4.78 is 28.1. The summed E-state index contributed by atoms with van der Waals surface area (Å²) in [6.45, 7) is 2.09. The van der Waals surface area contributed by atoms with E-state index >= 15 is 0 Å². The van der Waals surface area contributed by atoms with E-state index in [0.717, 1.165) is 0 Å². The molecule has 1 aromatic rings. The smallest absolute Gasteiger partial charge is 0.339 e. The fraction of sp³-hybridized carbons (Fsp3) is 0.364. The van der Waals surface area contributed by atoms with E-state index < -0.39 is 15.0 Å². The van der Waals surface area contributed by atoms with Gasteiger partial charge in [0.1, 0.15) is 4.90 Å². The van der Waals surface area contributed by atoms with Gasteiger partial charge in [0.15, 0.2) is 0 Å². The Kier molecular flexibility index (Phi) is 5.49. The quantitative estimate of drug-likeness (QED) is 0.475. The molecule has 7 heteroatoms. The van der Waals surface area contributed by atoms with Crippen molar-refractivity contribution in [3.8, 4) is 0 Å². The first-order valence-corrected chi connectivity index (χ1v) is 8.74. The topological polar surface area (TPSA) is 60.4 Å². The molecule has 0 saturated carbocycles. The van der Waals surface area contributed by atoms with Gasteiger partial charge in [-0.05, 0) is 24.8 Å². The van der Waals surface area contributed by atoms with Crippen molar-refractivity contribution < 1.29 is 17.9 Å². The second-order valence-electron chi connectivity index (χ2n) is 3.41. The second kappa shape index (κ2) is 6.45. The van der Waals surface area contributed by atoms with Crippen LogP contribution in [0, 0.1) is 0 Å². The van der Waals surface area contributed by atoms with Crippen LogP contribution in [0.15, 0.2) is 28.0 Å². The van der Waals surface area contributed by atoms with Crippen molar-refractivity contribution in [1.29, 1.82) is 0 Å². The minimum atomic E-state index is -4.00. The number of thioether (sulfide) groups is 1. The number of esters is 1. The summed E-state index contributed by atoms with van der Waals surface area (Å²) in [7, 11) is 1.38. The van der Waals surface area contributed by atoms with Gasteiger partial charge in [-0.15, -0.1) is 11.8 Å². The molecule has 0 aliphatic carbocycles. The Morgan fingerprint density at radius 3 is 2.61 bits per heavy atom. The molecular weight excluding hydrogens is 296 g/mol. The lowest BCUT2D eigenvalue weighted by atomic mass is 10.2. The summed E-state index contributed by atoms with van der Waals surface area (Å²) >= 11 is 1.21. The molecule has 100 valence electrons. The molecule has 0 amide bonds. The summed E-state index contributed by atoms with van der Waals surface area (Å²) in [6.07, 6.45) is 2.37. The molecule has 18 heavy (non-hydrogen) atoms. The molecule has 0 bridgehead atoms. The molecule has 0 unspecified atom stereocenters. The number of hydrogen-bond donors (Lipinski definition) is 0. The lowest BCUT2D eigenvalue weighted by Gasteiger charge is -2.10. The zero-order chi connectivity index (χ0) is 13.8. The van der Waals surface area contributed by atoms with E-state index in [1.165, 1.54) is 17.8 Å². The number of rotatable bonds is 5. The molecule has 0 heterocycles. The number of ether oxygens (including phenoxy) is 1. The van der Waals surface area contributed by atoms with E-state index in [2.05, 4.69) is 0 Å². The molecule has 1 aromatic carbocycles. The Labute approximate surface area is 115 Å². The summed E-state index contributed by atoms with van der Waals surface area (Å²) in [6, 6.07) is 4.59. The maximum atomic E-state index is 11.8. The molecule has 4 nitrogen and oxygen atoms in total. The van der Waals surface area contributed by atoms with E-state index in [9.17, 15) is 13.2 Å². The fourth-order valence-corrected chi connectivity index (χ4v) is 3.81. The van der Waals surface area contributed by atoms with Crippen LogP contribution in [0.25, 0.3) is 0 Å². The Morgan fingerprint density at radius 1 is 1.44 bits per heavy atom. The van der Waals surface area contributed by atoms with Gasteiger partial charge >= 0.3 is 5.97 Å². The van der Waals surface area contributed by atoms with Gasteiger partial charge in [0.2, 0.25) is 0 Å². The van der Waals surface area contributed by atoms with Crippen LogP contribution in [0.2, 0.25) is 0 Å². The van der Waals surface area contributed by atoms with Crippen LogP contribution in [0.3, 0.4) is 0 Å². The maximum Gasteiger partial charge on any atom is 0.339 e. The molecule has 0 fully saturated rings. The fourth-order valence-electron chi connectivity index (χ4n) is 1.36. The number of carbonyl (C=O) groups is 1. The second-order valence-corrected chi connectivity index (χ2v) is 6.76. The number of hydrogen-bond acceptors (Lipinski definition) is 5. The third-order valence-electron chi connectivity index (χ3n) is 2.10. The minimum Gasteiger partial charge on any atom is -0.462 e. The monoisotopic (exact) mass is 308 g/mol. The summed E-state index contributed by atoms with van der Waals surface area (Å²) in [4.78, 5) is 12.0. The Morgan fingerprint density at radius 2 is 2.11 bits per heavy atom. The molecule has 1 rings (SSSR count). The lowest BCUT2D eigenvalue weighted by Crippen LogP contribution is -2.11. The van der Waals surface area contributed by atoms with Crippen molar-refractivity contribution in [1.82, 2.24) is 0 Å². The van der Waals surface area contributed by atoms with Crippen molar-refractivity contribution in [3.63, 3.8) is 0 Å². The van der Waals surface area contributed by atoms with Crippen LogP contribution in [-0.4, -0.2) is 27.2 Å². The van der Waals surface area contributed by atoms with E-state index in [0.29, 0.717) is 11.3 Å². The van der Waals surface area contributed by atoms with Gasteiger partial charge in [-0.25, -0.2) is 13.2 Å². The number of carbonyl (C=O) groups excluding carboxylic acids is 1. The number of halogens is 1. The molecule has 0 spiro atoms. The van der Waals surface area contributed by atoms with E-state index in [-0.39, 0.29) is 17.1 Å². The average molecular weight is 309 g/mol. The van der Waals surface area contributed by atoms with E-state index in [1.807, 2.05) is 6.92 Å². The highest BCUT2D eigenvalue weighted by molar-refractivity contribution is 8.14. The van der Waals surface area contributed by atoms with Crippen LogP contribution in [0.5, 0.6) is 0 Å². The Hall–Kier alpha value is -0.720. The molecule has 0 atom stereocenters. The highest BCUT2D eigenvalue weighted by atomic mass is 35.7. The third kappa shape index (κ3) is 3.63. The first-order chi connectivity index (χ1) is 8.41. The van der Waals surface area contributed by atoms with Gasteiger partial charge in [0.05, 0.1) is 12.2 Å². The summed E-state index contributed by atoms with van der Waals surface area (Å²) in [5, 5.41) is 0. The molecule has 0 aromatic heterocycles. The van der Waals surface area contributed by atoms with E-state index in [4.69, 9.17) is 15.4 Å². The molecule has 0 aliphatic rings. The van der Waals surface area contributed by atoms with Crippen LogP contribution in [0.4, 0.5) is 0 Å². The molecule has 0 radical (unpaired) electrons. The Balaban J connectivity index is 3.32. The highest BCUT2D eigenvalue weighted by Gasteiger charge is 2.24. The molecule has 0 aliphatic heterocycles. The van der Waals surface area contributed by atoms with Gasteiger partial charge in [0, 0.05) is 15.6 Å². The standard InChI is InChI=1S/C11H13ClO4S2/c1-3-7-16-11(13)8-5-4-6-9(17-2)10(8)18(12,14)15/h4-6H,3,7H2,1-2H3. The van der Waals surface area contributed by atoms with Crippen LogP contribution < -0.4 is 0 Å². The van der Waals surface area contributed by atoms with Crippen molar-refractivity contribution in [3.05, 3.63) is 23.8 Å². The van der Waals surface area contributed by atoms with Crippen LogP contribution >= 0.6 is 22.4 Å². The highest BCUT2D eigenvalue weighted by Crippen LogP contribution is 2.31. The van der Waals surface area contributed by atoms with Crippen molar-refractivity contribution in [2.75, 3.05) is 12.9 Å². The summed E-state index contributed by atoms with van der Waals surface area (Å²) in [5.41, 5.74) is -0.0229. The van der Waals surface area contributed by atoms with Crippen molar-refractivity contribution in [2.24, 2.45) is 0 Å². The van der Waals surface area contributed by atoms with Gasteiger partial charge in [-0.2, -0.15) is 0 Å². The first kappa shape index (κ1) is 15.3. The van der Waals surface area contributed by atoms with Crippen LogP contribution in [-0.2, 0) is 13.8 Å². The molecule has 0 N–H and O–H groups in total. The minimum absolute atomic E-state index is 0.0229. The van der Waals surface area contributed by atoms with Crippen molar-refractivity contribution in [2.45, 2.75) is 23.1 Å². The van der Waals surface area contributed by atoms with Gasteiger partial charge < -0.3 is 4.74 Å². The van der Waals surface area contributed by atoms with Crippen LogP contribution in [0.1, 0.15) is 23.7 Å². The zero-order valence-electron chi connectivity index (χ0n) is 9.97.